The predicted octanol–water partition coefficient (Wildman–Crippen LogP) is -0.0388. The fourth-order valence-corrected chi connectivity index (χ4v) is 18.0. The first-order valence-electron chi connectivity index (χ1n) is 34.3. The van der Waals surface area contributed by atoms with Crippen LogP contribution in [0.5, 0.6) is 0 Å². The molecule has 94 heavy (non-hydrogen) atoms. The molecule has 13 amide bonds. The molecule has 0 unspecified atom stereocenters. The number of azide groups is 2. The lowest BCUT2D eigenvalue weighted by atomic mass is 10.1. The van der Waals surface area contributed by atoms with Gasteiger partial charge in [-0.25, -0.2) is 0 Å². The van der Waals surface area contributed by atoms with Crippen LogP contribution in [-0.4, -0.2) is 299 Å². The Morgan fingerprint density at radius 1 is 0.287 bits per heavy atom. The molecule has 0 aromatic carbocycles. The molecule has 12 rings (SSSR count). The van der Waals surface area contributed by atoms with Gasteiger partial charge in [0.25, 0.3) is 0 Å². The summed E-state index contributed by atoms with van der Waals surface area (Å²) in [7, 11) is 0. The van der Waals surface area contributed by atoms with E-state index in [0.717, 1.165) is 0 Å². The molecule has 12 aliphatic heterocycles. The summed E-state index contributed by atoms with van der Waals surface area (Å²) < 4.78 is 0. The average molecular weight is 1310 g/mol. The van der Waals surface area contributed by atoms with Crippen LogP contribution in [-0.2, 0) is 62.3 Å². The molecule has 508 valence electrons. The minimum Gasteiger partial charge on any atom is -0.368 e. The van der Waals surface area contributed by atoms with Gasteiger partial charge in [0.1, 0.15) is 72.5 Å². The number of carbonyl (C=O) groups is 13. The molecule has 32 heteroatoms. The van der Waals surface area contributed by atoms with E-state index >= 15 is 0 Å². The summed E-state index contributed by atoms with van der Waals surface area (Å²) >= 11 is 0. The van der Waals surface area contributed by atoms with Crippen molar-refractivity contribution in [2.45, 2.75) is 233 Å². The molecule has 2 N–H and O–H groups in total. The molecule has 32 nitrogen and oxygen atoms in total. The number of nitrogens with two attached hydrogens (primary N) is 1. The van der Waals surface area contributed by atoms with Crippen molar-refractivity contribution in [1.82, 2.24) is 58.8 Å². The minimum absolute atomic E-state index is 0.0160. The van der Waals surface area contributed by atoms with E-state index in [0.29, 0.717) is 142 Å². The summed E-state index contributed by atoms with van der Waals surface area (Å²) in [6, 6.07) is -12.3. The maximum atomic E-state index is 14.9. The van der Waals surface area contributed by atoms with E-state index in [1.54, 1.807) is 24.5 Å². The SMILES string of the molecule is CC(=O)N1C[C@@H](N=[N+]=[N-])C[C@H]1C(=O)N1C[C@@H](N=[N+]=[N-])C[C@H]1C(=O)N1CCC[C@H]1C(=O)N1CCC[C@H]1C(=O)N1CCC[C@H]1C(=O)N1CCC[C@H]1C(=O)N1CCC[C@H]1C(=O)N1CCC[C@H]1C(=O)N1CCC[C@H]1C(=O)N1CCC[C@H]1C(=O)N1CCC[C@H]1C(=O)N1CCC[C@H]1C(N)=O. The van der Waals surface area contributed by atoms with Gasteiger partial charge in [0, 0.05) is 95.3 Å². The maximum Gasteiger partial charge on any atom is 0.246 e. The Morgan fingerprint density at radius 3 is 0.681 bits per heavy atom. The predicted molar refractivity (Wildman–Crippen MR) is 328 cm³/mol. The van der Waals surface area contributed by atoms with E-state index in [9.17, 15) is 67.9 Å². The van der Waals surface area contributed by atoms with Crippen LogP contribution >= 0.6 is 0 Å². The minimum atomic E-state index is -1.13. The molecule has 12 saturated heterocycles. The highest BCUT2D eigenvalue weighted by Crippen LogP contribution is 2.37. The van der Waals surface area contributed by atoms with Crippen molar-refractivity contribution in [3.63, 3.8) is 0 Å². The summed E-state index contributed by atoms with van der Waals surface area (Å²) in [5.74, 6) is -5.42. The van der Waals surface area contributed by atoms with E-state index in [4.69, 9.17) is 11.3 Å². The summed E-state index contributed by atoms with van der Waals surface area (Å²) in [5, 5.41) is 7.57. The van der Waals surface area contributed by atoms with E-state index in [1.807, 2.05) is 0 Å². The van der Waals surface area contributed by atoms with Gasteiger partial charge in [0.15, 0.2) is 0 Å². The molecule has 0 aliphatic carbocycles. The van der Waals surface area contributed by atoms with E-state index in [1.165, 1.54) is 41.2 Å². The first kappa shape index (κ1) is 65.8. The molecule has 0 aromatic rings. The molecule has 0 aromatic heterocycles. The molecule has 0 bridgehead atoms. The quantitative estimate of drug-likeness (QED) is 0.136. The normalized spacial score (nSPS) is 32.5. The van der Waals surface area contributed by atoms with Crippen molar-refractivity contribution in [2.24, 2.45) is 16.0 Å². The summed E-state index contributed by atoms with van der Waals surface area (Å²) in [4.78, 5) is 209. The third-order valence-corrected chi connectivity index (χ3v) is 22.5. The van der Waals surface area contributed by atoms with Gasteiger partial charge in [-0.3, -0.25) is 62.3 Å². The van der Waals surface area contributed by atoms with Crippen LogP contribution in [0.15, 0.2) is 10.2 Å². The number of carbonyl (C=O) groups excluding carboxylic acids is 13. The van der Waals surface area contributed by atoms with Crippen LogP contribution in [0.25, 0.3) is 20.9 Å². The Bertz CT molecular complexity index is 3210. The lowest BCUT2D eigenvalue weighted by Gasteiger charge is -2.38. The lowest BCUT2D eigenvalue weighted by molar-refractivity contribution is -0.156. The maximum absolute atomic E-state index is 14.9. The number of hydrogen-bond acceptors (Lipinski definition) is 15. The summed E-state index contributed by atoms with van der Waals surface area (Å²) in [5.41, 5.74) is 24.1. The second-order valence-corrected chi connectivity index (χ2v) is 27.7. The Kier molecular flexibility index (Phi) is 19.3. The lowest BCUT2D eigenvalue weighted by Crippen LogP contribution is -2.59. The molecule has 0 radical (unpaired) electrons. The Hall–Kier alpha value is -8.27. The largest absolute Gasteiger partial charge is 0.368 e. The van der Waals surface area contributed by atoms with Gasteiger partial charge in [-0.05, 0) is 152 Å². The summed E-state index contributed by atoms with van der Waals surface area (Å²) in [6.45, 7) is 3.94. The third-order valence-electron chi connectivity index (χ3n) is 22.5. The van der Waals surface area contributed by atoms with Crippen LogP contribution in [0.2, 0.25) is 0 Å². The van der Waals surface area contributed by atoms with Crippen molar-refractivity contribution in [1.29, 1.82) is 0 Å². The smallest absolute Gasteiger partial charge is 0.246 e. The van der Waals surface area contributed by atoms with Crippen molar-refractivity contribution in [2.75, 3.05) is 78.5 Å². The van der Waals surface area contributed by atoms with Gasteiger partial charge < -0.3 is 64.5 Å². The molecular formula is C62H87N19O13. The van der Waals surface area contributed by atoms with Gasteiger partial charge in [-0.15, -0.1) is 0 Å². The van der Waals surface area contributed by atoms with Gasteiger partial charge in [-0.2, -0.15) is 0 Å². The van der Waals surface area contributed by atoms with E-state index in [-0.39, 0.29) is 114 Å². The van der Waals surface area contributed by atoms with E-state index < -0.39 is 126 Å². The number of rotatable bonds is 14. The Labute approximate surface area is 544 Å². The van der Waals surface area contributed by atoms with Crippen LogP contribution in [0.1, 0.15) is 148 Å². The Balaban J connectivity index is 0.668. The van der Waals surface area contributed by atoms with Crippen molar-refractivity contribution in [3.05, 3.63) is 20.9 Å². The zero-order valence-corrected chi connectivity index (χ0v) is 53.6. The molecule has 0 saturated carbocycles. The van der Waals surface area contributed by atoms with Crippen LogP contribution < -0.4 is 5.73 Å². The number of hydrogen-bond donors (Lipinski definition) is 1. The van der Waals surface area contributed by atoms with Gasteiger partial charge in [0.2, 0.25) is 76.8 Å². The second kappa shape index (κ2) is 27.6. The molecule has 12 fully saturated rings. The van der Waals surface area contributed by atoms with Crippen molar-refractivity contribution < 1.29 is 62.3 Å². The number of primary amides is 1. The Morgan fingerprint density at radius 2 is 0.468 bits per heavy atom. The number of likely N-dealkylation sites (tertiary alicyclic amines) is 12. The second-order valence-electron chi connectivity index (χ2n) is 27.7. The van der Waals surface area contributed by atoms with Gasteiger partial charge in [0.05, 0.1) is 12.1 Å². The summed E-state index contributed by atoms with van der Waals surface area (Å²) in [6.07, 6.45) is 8.98. The van der Waals surface area contributed by atoms with Crippen molar-refractivity contribution >= 4 is 76.8 Å². The fraction of sp³-hybridized carbons (Fsp3) is 0.790. The van der Waals surface area contributed by atoms with Gasteiger partial charge in [-0.1, -0.05) is 10.2 Å². The third kappa shape index (κ3) is 12.1. The van der Waals surface area contributed by atoms with Gasteiger partial charge >= 0.3 is 0 Å². The fourth-order valence-electron chi connectivity index (χ4n) is 18.0. The van der Waals surface area contributed by atoms with Crippen LogP contribution in [0.3, 0.4) is 0 Å². The monoisotopic (exact) mass is 1310 g/mol. The zero-order chi connectivity index (χ0) is 66.4. The number of nitrogens with zero attached hydrogens (tertiary/aromatic N) is 18. The topological polar surface area (TPSA) is 384 Å². The molecular weight excluding hydrogens is 1220 g/mol. The van der Waals surface area contributed by atoms with Crippen molar-refractivity contribution in [3.8, 4) is 0 Å². The molecule has 12 aliphatic rings. The molecule has 0 spiro atoms. The first-order valence-corrected chi connectivity index (χ1v) is 34.3. The number of amides is 13. The standard InChI is InChI=1S/C62H87N19O13/c1-36(82)80-34-37(66-68-64)32-49(80)62(94)81-35-38(67-69-65)33-50(81)61(93)79-31-11-21-48(79)60(92)78-30-10-20-47(78)59(91)77-29-9-19-46(77)58(90)76-28-8-18-45(76)57(89)75-27-7-17-44(75)56(88)74-26-6-16-43(74)55(87)73-25-5-15-42(73)54(86)72-24-4-14-41(72)53(85)71-23-3-13-40(71)52(84)70-22-2-12-39(70)51(63)83/h37-50H,2-35H2,1H3,(H2,63,83)/t37-,38-,39-,40-,41-,42-,43-,44-,45-,46-,47-,48-,49-,50-/m0/s1. The highest BCUT2D eigenvalue weighted by molar-refractivity contribution is 6.01. The average Bonchev–Trinajstić information content (AvgIpc) is 1.62. The van der Waals surface area contributed by atoms with Crippen LogP contribution in [0.4, 0.5) is 0 Å². The van der Waals surface area contributed by atoms with E-state index in [2.05, 4.69) is 20.1 Å². The molecule has 14 atom stereocenters. The highest BCUT2D eigenvalue weighted by atomic mass is 16.2. The highest BCUT2D eigenvalue weighted by Gasteiger charge is 2.55. The molecule has 12 heterocycles. The van der Waals surface area contributed by atoms with Crippen LogP contribution in [0, 0.1) is 0 Å². The zero-order valence-electron chi connectivity index (χ0n) is 53.6. The first-order chi connectivity index (χ1) is 45.3.